The second-order valence-electron chi connectivity index (χ2n) is 3.65. The van der Waals surface area contributed by atoms with Crippen LogP contribution in [0.15, 0.2) is 0 Å². The van der Waals surface area contributed by atoms with Crippen molar-refractivity contribution in [2.75, 3.05) is 6.61 Å². The van der Waals surface area contributed by atoms with Gasteiger partial charge in [-0.15, -0.1) is 0 Å². The van der Waals surface area contributed by atoms with Crippen LogP contribution in [-0.4, -0.2) is 46.2 Å². The molecule has 5 nitrogen and oxygen atoms in total. The summed E-state index contributed by atoms with van der Waals surface area (Å²) in [6, 6.07) is 0. The summed E-state index contributed by atoms with van der Waals surface area (Å²) in [4.78, 5) is 0. The molecule has 3 atom stereocenters. The van der Waals surface area contributed by atoms with Gasteiger partial charge in [-0.1, -0.05) is 0 Å². The third kappa shape index (κ3) is 3.21. The molecule has 78 valence electrons. The molecule has 1 saturated heterocycles. The van der Waals surface area contributed by atoms with Crippen LogP contribution in [0, 0.1) is 0 Å². The molecule has 0 saturated carbocycles. The number of ether oxygens (including phenoxy) is 2. The topological polar surface area (TPSA) is 79.2 Å². The Bertz CT molecular complexity index is 164. The zero-order valence-corrected chi connectivity index (χ0v) is 7.80. The summed E-state index contributed by atoms with van der Waals surface area (Å²) in [6.45, 7) is 2.72. The van der Waals surface area contributed by atoms with Crippen molar-refractivity contribution in [2.24, 2.45) is 0 Å². The van der Waals surface area contributed by atoms with E-state index in [4.69, 9.17) is 14.6 Å². The molecule has 0 bridgehead atoms. The van der Waals surface area contributed by atoms with E-state index in [1.165, 1.54) is 13.8 Å². The third-order valence-electron chi connectivity index (χ3n) is 1.79. The maximum Gasteiger partial charge on any atom is 0.164 e. The van der Waals surface area contributed by atoms with Crippen LogP contribution >= 0.6 is 0 Å². The van der Waals surface area contributed by atoms with E-state index in [1.54, 1.807) is 0 Å². The van der Waals surface area contributed by atoms with Crippen LogP contribution in [0.25, 0.3) is 0 Å². The van der Waals surface area contributed by atoms with E-state index >= 15 is 0 Å². The summed E-state index contributed by atoms with van der Waals surface area (Å²) in [7, 11) is 0. The van der Waals surface area contributed by atoms with Gasteiger partial charge in [0, 0.05) is 6.42 Å². The summed E-state index contributed by atoms with van der Waals surface area (Å²) in [6.07, 6.45) is -1.70. The first kappa shape index (κ1) is 10.9. The maximum atomic E-state index is 9.31. The Labute approximate surface area is 76.9 Å². The Hall–Kier alpha value is -0.200. The molecule has 1 aliphatic heterocycles. The molecule has 0 radical (unpaired) electrons. The Morgan fingerprint density at radius 2 is 2.15 bits per heavy atom. The van der Waals surface area contributed by atoms with Gasteiger partial charge in [-0.05, 0) is 13.8 Å². The number of aliphatic hydroxyl groups excluding tert-OH is 2. The lowest BCUT2D eigenvalue weighted by molar-refractivity contribution is -0.270. The fourth-order valence-electron chi connectivity index (χ4n) is 1.25. The highest BCUT2D eigenvalue weighted by Crippen LogP contribution is 2.24. The highest BCUT2D eigenvalue weighted by molar-refractivity contribution is 4.77. The van der Waals surface area contributed by atoms with Gasteiger partial charge in [-0.3, -0.25) is 0 Å². The van der Waals surface area contributed by atoms with Crippen LogP contribution < -0.4 is 0 Å². The molecule has 0 spiro atoms. The lowest BCUT2D eigenvalue weighted by atomic mass is 10.2. The van der Waals surface area contributed by atoms with E-state index in [-0.39, 0.29) is 13.0 Å². The highest BCUT2D eigenvalue weighted by atomic mass is 16.7. The van der Waals surface area contributed by atoms with E-state index < -0.39 is 24.3 Å². The van der Waals surface area contributed by atoms with Gasteiger partial charge in [0.1, 0.15) is 6.10 Å². The van der Waals surface area contributed by atoms with Crippen molar-refractivity contribution < 1.29 is 24.8 Å². The van der Waals surface area contributed by atoms with Crippen molar-refractivity contribution in [3.63, 3.8) is 0 Å². The molecule has 0 aromatic heterocycles. The predicted octanol–water partition coefficient (Wildman–Crippen LogP) is -0.800. The van der Waals surface area contributed by atoms with Gasteiger partial charge >= 0.3 is 0 Å². The molecule has 1 fully saturated rings. The molecule has 1 rings (SSSR count). The van der Waals surface area contributed by atoms with Crippen LogP contribution in [0.3, 0.4) is 0 Å². The molecular formula is C8H16O5. The molecule has 13 heavy (non-hydrogen) atoms. The van der Waals surface area contributed by atoms with Crippen molar-refractivity contribution in [1.82, 2.24) is 0 Å². The smallest absolute Gasteiger partial charge is 0.164 e. The highest BCUT2D eigenvalue weighted by Gasteiger charge is 2.36. The van der Waals surface area contributed by atoms with Crippen LogP contribution in [0.1, 0.15) is 20.3 Å². The number of rotatable bonds is 3. The van der Waals surface area contributed by atoms with E-state index in [0.717, 1.165) is 0 Å². The Balaban J connectivity index is 2.40. The summed E-state index contributed by atoms with van der Waals surface area (Å²) >= 11 is 0. The molecule has 3 N–H and O–H groups in total. The van der Waals surface area contributed by atoms with Crippen molar-refractivity contribution >= 4 is 0 Å². The fourth-order valence-corrected chi connectivity index (χ4v) is 1.25. The van der Waals surface area contributed by atoms with Gasteiger partial charge in [0.15, 0.2) is 12.1 Å². The van der Waals surface area contributed by atoms with E-state index in [0.29, 0.717) is 0 Å². The lowest BCUT2D eigenvalue weighted by Crippen LogP contribution is -2.30. The minimum absolute atomic E-state index is 0.243. The van der Waals surface area contributed by atoms with Crippen LogP contribution in [0.5, 0.6) is 0 Å². The Morgan fingerprint density at radius 3 is 2.54 bits per heavy atom. The minimum atomic E-state index is -1.28. The monoisotopic (exact) mass is 192 g/mol. The summed E-state index contributed by atoms with van der Waals surface area (Å²) in [5.74, 6) is -1.28. The largest absolute Gasteiger partial charge is 0.394 e. The van der Waals surface area contributed by atoms with Gasteiger partial charge in [0.2, 0.25) is 0 Å². The third-order valence-corrected chi connectivity index (χ3v) is 1.79. The number of hydrogen-bond acceptors (Lipinski definition) is 5. The van der Waals surface area contributed by atoms with E-state index in [9.17, 15) is 10.2 Å². The molecule has 1 unspecified atom stereocenters. The number of aliphatic hydroxyl groups is 3. The van der Waals surface area contributed by atoms with Crippen molar-refractivity contribution in [2.45, 2.75) is 44.6 Å². The van der Waals surface area contributed by atoms with Crippen LogP contribution in [0.2, 0.25) is 0 Å². The fraction of sp³-hybridized carbons (Fsp3) is 1.00. The quantitative estimate of drug-likeness (QED) is 0.510. The average molecular weight is 192 g/mol. The van der Waals surface area contributed by atoms with Gasteiger partial charge in [-0.2, -0.15) is 0 Å². The number of hydrogen-bond donors (Lipinski definition) is 3. The Kier molecular flexibility index (Phi) is 3.26. The average Bonchev–Trinajstić information content (AvgIpc) is 2.26. The maximum absolute atomic E-state index is 9.31. The SMILES string of the molecule is CC(C)(O)O[C@H]1CC(O)[C@@H](CO)O1. The lowest BCUT2D eigenvalue weighted by Gasteiger charge is -2.22. The molecule has 1 heterocycles. The van der Waals surface area contributed by atoms with Crippen LogP contribution in [-0.2, 0) is 9.47 Å². The molecule has 5 heteroatoms. The normalized spacial score (nSPS) is 35.3. The second kappa shape index (κ2) is 3.89. The van der Waals surface area contributed by atoms with Gasteiger partial charge in [0.05, 0.1) is 12.7 Å². The van der Waals surface area contributed by atoms with Gasteiger partial charge < -0.3 is 24.8 Å². The molecule has 1 aliphatic rings. The van der Waals surface area contributed by atoms with Crippen molar-refractivity contribution in [3.8, 4) is 0 Å². The molecule has 0 aromatic carbocycles. The standard InChI is InChI=1S/C8H16O5/c1-8(2,11)13-7-3-5(10)6(4-9)12-7/h5-7,9-11H,3-4H2,1-2H3/t5?,6-,7+/m1/s1. The predicted molar refractivity (Wildman–Crippen MR) is 43.8 cm³/mol. The van der Waals surface area contributed by atoms with Gasteiger partial charge in [-0.25, -0.2) is 0 Å². The first-order chi connectivity index (χ1) is 5.92. The molecule has 0 aliphatic carbocycles. The van der Waals surface area contributed by atoms with Crippen molar-refractivity contribution in [3.05, 3.63) is 0 Å². The zero-order valence-electron chi connectivity index (χ0n) is 7.80. The first-order valence-electron chi connectivity index (χ1n) is 4.27. The minimum Gasteiger partial charge on any atom is -0.394 e. The second-order valence-corrected chi connectivity index (χ2v) is 3.65. The summed E-state index contributed by atoms with van der Waals surface area (Å²) in [5, 5.41) is 27.3. The zero-order chi connectivity index (χ0) is 10.1. The van der Waals surface area contributed by atoms with Crippen molar-refractivity contribution in [1.29, 1.82) is 0 Å². The van der Waals surface area contributed by atoms with Crippen LogP contribution in [0.4, 0.5) is 0 Å². The first-order valence-corrected chi connectivity index (χ1v) is 4.27. The molecule has 0 amide bonds. The molecular weight excluding hydrogens is 176 g/mol. The summed E-state index contributed by atoms with van der Waals surface area (Å²) in [5.41, 5.74) is 0. The Morgan fingerprint density at radius 1 is 1.54 bits per heavy atom. The van der Waals surface area contributed by atoms with E-state index in [1.807, 2.05) is 0 Å². The molecule has 0 aromatic rings. The summed E-state index contributed by atoms with van der Waals surface area (Å²) < 4.78 is 10.2. The van der Waals surface area contributed by atoms with E-state index in [2.05, 4.69) is 0 Å². The van der Waals surface area contributed by atoms with Gasteiger partial charge in [0.25, 0.3) is 0 Å².